The fourth-order valence-electron chi connectivity index (χ4n) is 5.98. The summed E-state index contributed by atoms with van der Waals surface area (Å²) in [4.78, 5) is 0. The Morgan fingerprint density at radius 1 is 1.04 bits per heavy atom. The van der Waals surface area contributed by atoms with Gasteiger partial charge in [-0.25, -0.2) is 0 Å². The Balaban J connectivity index is 1.68. The van der Waals surface area contributed by atoms with Crippen LogP contribution in [0.15, 0.2) is 24.3 Å². The molecule has 1 aromatic rings. The Labute approximate surface area is 162 Å². The van der Waals surface area contributed by atoms with E-state index in [9.17, 15) is 5.21 Å². The van der Waals surface area contributed by atoms with Gasteiger partial charge in [-0.1, -0.05) is 26.3 Å². The van der Waals surface area contributed by atoms with Crippen molar-refractivity contribution < 1.29 is 9.48 Å². The topological polar surface area (TPSA) is 35.3 Å². The quantitative estimate of drug-likeness (QED) is 0.404. The van der Waals surface area contributed by atoms with Crippen molar-refractivity contribution in [3.8, 4) is 5.75 Å². The number of hydrogen-bond acceptors (Lipinski definition) is 2. The molecule has 0 radical (unpaired) electrons. The zero-order chi connectivity index (χ0) is 19.0. The lowest BCUT2D eigenvalue weighted by molar-refractivity contribution is -0.361. The van der Waals surface area contributed by atoms with Gasteiger partial charge >= 0.3 is 0 Å². The first-order chi connectivity index (χ1) is 12.7. The van der Waals surface area contributed by atoms with Crippen molar-refractivity contribution in [2.45, 2.75) is 71.8 Å². The Morgan fingerprint density at radius 2 is 1.78 bits per heavy atom. The van der Waals surface area contributed by atoms with Crippen LogP contribution in [0.1, 0.15) is 77.3 Å². The van der Waals surface area contributed by atoms with E-state index < -0.39 is 0 Å². The molecule has 1 aromatic carbocycles. The van der Waals surface area contributed by atoms with Crippen LogP contribution in [0.5, 0.6) is 5.75 Å². The molecule has 0 aromatic heterocycles. The van der Waals surface area contributed by atoms with E-state index >= 15 is 0 Å². The first-order valence-electron chi connectivity index (χ1n) is 10.4. The molecule has 0 unspecified atom stereocenters. The van der Waals surface area contributed by atoms with Crippen molar-refractivity contribution in [3.63, 3.8) is 0 Å². The minimum Gasteiger partial charge on any atom is -0.618 e. The van der Waals surface area contributed by atoms with Gasteiger partial charge in [0.2, 0.25) is 11.4 Å². The Morgan fingerprint density at radius 3 is 2.52 bits per heavy atom. The summed E-state index contributed by atoms with van der Waals surface area (Å²) in [6, 6.07) is 4.19. The Hall–Kier alpha value is -2.03. The molecule has 27 heavy (non-hydrogen) atoms. The van der Waals surface area contributed by atoms with Crippen molar-refractivity contribution in [1.82, 2.24) is 0 Å². The maximum Gasteiger partial charge on any atom is 0.235 e. The smallest absolute Gasteiger partial charge is 0.235 e. The normalized spacial score (nSPS) is 26.1. The first-order valence-corrected chi connectivity index (χ1v) is 10.4. The Bertz CT molecular complexity index is 924. The number of fused-ring (bicyclic) bond motifs is 5. The van der Waals surface area contributed by atoms with Gasteiger partial charge in [-0.05, 0) is 75.7 Å². The van der Waals surface area contributed by atoms with Crippen LogP contribution < -0.4 is 4.74 Å². The van der Waals surface area contributed by atoms with Crippen LogP contribution in [-0.4, -0.2) is 16.1 Å². The second-order valence-electron chi connectivity index (χ2n) is 10.2. The minimum absolute atomic E-state index is 0.0825. The predicted molar refractivity (Wildman–Crippen MR) is 110 cm³/mol. The predicted octanol–water partition coefficient (Wildman–Crippen LogP) is 6.23. The molecule has 0 amide bonds. The van der Waals surface area contributed by atoms with Gasteiger partial charge in [0.25, 0.3) is 0 Å². The highest BCUT2D eigenvalue weighted by molar-refractivity contribution is 6.28. The van der Waals surface area contributed by atoms with Gasteiger partial charge < -0.3 is 9.94 Å². The summed E-state index contributed by atoms with van der Waals surface area (Å²) >= 11 is 0. The standard InChI is InChI=1S/C24H29NO2/c1-22(2)14-18-16-8-9-19-17(10-13-24(27-19)11-6-5-7-12-24)20(16)25(26)21(18)23(3,4)15-22/h8-10,13-14H,5-7,11-12,15H2,1-4H3. The van der Waals surface area contributed by atoms with E-state index in [0.29, 0.717) is 0 Å². The molecular formula is C24H29NO2. The van der Waals surface area contributed by atoms with Crippen LogP contribution in [0, 0.1) is 16.0 Å². The molecule has 2 aliphatic heterocycles. The zero-order valence-corrected chi connectivity index (χ0v) is 16.9. The van der Waals surface area contributed by atoms with Crippen LogP contribution >= 0.6 is 0 Å². The van der Waals surface area contributed by atoms with Gasteiger partial charge in [-0.15, -0.1) is 0 Å². The van der Waals surface area contributed by atoms with Crippen molar-refractivity contribution >= 4 is 23.0 Å². The van der Waals surface area contributed by atoms with Crippen LogP contribution in [0.2, 0.25) is 0 Å². The summed E-state index contributed by atoms with van der Waals surface area (Å²) in [5, 5.41) is 13.4. The van der Waals surface area contributed by atoms with E-state index in [1.54, 1.807) is 0 Å². The summed E-state index contributed by atoms with van der Waals surface area (Å²) in [5.41, 5.74) is 4.60. The van der Waals surface area contributed by atoms with Crippen LogP contribution in [0.25, 0.3) is 11.6 Å². The summed E-state index contributed by atoms with van der Waals surface area (Å²) in [6.45, 7) is 8.92. The maximum absolute atomic E-state index is 13.4. The van der Waals surface area contributed by atoms with E-state index in [-0.39, 0.29) is 16.4 Å². The third-order valence-electron chi connectivity index (χ3n) is 6.77. The molecule has 0 atom stereocenters. The molecule has 3 nitrogen and oxygen atoms in total. The lowest BCUT2D eigenvalue weighted by atomic mass is 9.65. The van der Waals surface area contributed by atoms with Crippen molar-refractivity contribution in [3.05, 3.63) is 40.6 Å². The second kappa shape index (κ2) is 5.27. The number of nitrogens with zero attached hydrogens (tertiary/aromatic N) is 1. The number of hydrogen-bond donors (Lipinski definition) is 0. The molecule has 1 fully saturated rings. The SMILES string of the molecule is CC1(C)C=C2C(=[N+]([O-])c3c2ccc2c3C=CC3(CCCCC3)O2)C(C)(C)C1. The minimum atomic E-state index is -0.160. The molecular weight excluding hydrogens is 334 g/mol. The highest BCUT2D eigenvalue weighted by Gasteiger charge is 2.49. The van der Waals surface area contributed by atoms with Gasteiger partial charge in [0.1, 0.15) is 11.4 Å². The summed E-state index contributed by atoms with van der Waals surface area (Å²) in [6.07, 6.45) is 13.5. The molecule has 142 valence electrons. The van der Waals surface area contributed by atoms with E-state index in [1.165, 1.54) is 24.0 Å². The molecule has 0 N–H and O–H groups in total. The third-order valence-corrected chi connectivity index (χ3v) is 6.77. The average Bonchev–Trinajstić information content (AvgIpc) is 2.86. The van der Waals surface area contributed by atoms with E-state index in [2.05, 4.69) is 58.1 Å². The molecule has 2 aliphatic carbocycles. The van der Waals surface area contributed by atoms with Crippen molar-refractivity contribution in [1.29, 1.82) is 0 Å². The number of benzene rings is 1. The molecule has 3 heteroatoms. The number of ether oxygens (including phenoxy) is 1. The monoisotopic (exact) mass is 363 g/mol. The largest absolute Gasteiger partial charge is 0.618 e. The second-order valence-corrected chi connectivity index (χ2v) is 10.2. The summed E-state index contributed by atoms with van der Waals surface area (Å²) < 4.78 is 7.70. The molecule has 0 saturated heterocycles. The van der Waals surface area contributed by atoms with Crippen LogP contribution in [0.3, 0.4) is 0 Å². The van der Waals surface area contributed by atoms with E-state index in [0.717, 1.165) is 53.1 Å². The van der Waals surface area contributed by atoms with Crippen molar-refractivity contribution in [2.24, 2.45) is 10.8 Å². The molecule has 5 rings (SSSR count). The molecule has 1 spiro atoms. The third kappa shape index (κ3) is 2.43. The first kappa shape index (κ1) is 17.1. The lowest BCUT2D eigenvalue weighted by Gasteiger charge is -2.38. The number of rotatable bonds is 0. The van der Waals surface area contributed by atoms with Gasteiger partial charge in [0.05, 0.1) is 22.1 Å². The van der Waals surface area contributed by atoms with E-state index in [1.807, 2.05) is 0 Å². The molecule has 0 bridgehead atoms. The molecule has 4 aliphatic rings. The Kier molecular flexibility index (Phi) is 3.34. The van der Waals surface area contributed by atoms with E-state index in [4.69, 9.17) is 4.74 Å². The van der Waals surface area contributed by atoms with Crippen LogP contribution in [-0.2, 0) is 0 Å². The summed E-state index contributed by atoms with van der Waals surface area (Å²) in [7, 11) is 0. The molecule has 1 saturated carbocycles. The van der Waals surface area contributed by atoms with Gasteiger partial charge in [-0.3, -0.25) is 0 Å². The lowest BCUT2D eigenvalue weighted by Crippen LogP contribution is -2.37. The van der Waals surface area contributed by atoms with Crippen molar-refractivity contribution in [2.75, 3.05) is 0 Å². The van der Waals surface area contributed by atoms with Gasteiger partial charge in [-0.2, -0.15) is 4.74 Å². The highest BCUT2D eigenvalue weighted by Crippen LogP contribution is 2.53. The van der Waals surface area contributed by atoms with Gasteiger partial charge in [0, 0.05) is 0 Å². The maximum atomic E-state index is 13.4. The fourth-order valence-corrected chi connectivity index (χ4v) is 5.98. The summed E-state index contributed by atoms with van der Waals surface area (Å²) in [5.74, 6) is 0.871. The fraction of sp³-hybridized carbons (Fsp3) is 0.542. The highest BCUT2D eigenvalue weighted by atomic mass is 16.5. The number of allylic oxidation sites excluding steroid dienone is 2. The average molecular weight is 364 g/mol. The zero-order valence-electron chi connectivity index (χ0n) is 16.9. The van der Waals surface area contributed by atoms with Crippen LogP contribution in [0.4, 0.5) is 5.69 Å². The van der Waals surface area contributed by atoms with Gasteiger partial charge in [0.15, 0.2) is 0 Å². The molecule has 2 heterocycles.